The number of carbonyl (C=O) groups is 2. The molecule has 1 unspecified atom stereocenters. The highest BCUT2D eigenvalue weighted by Crippen LogP contribution is 2.44. The molecule has 29 heavy (non-hydrogen) atoms. The SMILES string of the molecule is Cc1ccc(NC(=O)CN2C(=O)C(O)(c3ccccc3)c3ccccc32)cc1C. The van der Waals surface area contributed by atoms with Gasteiger partial charge < -0.3 is 10.4 Å². The molecule has 1 atom stereocenters. The van der Waals surface area contributed by atoms with Gasteiger partial charge in [-0.2, -0.15) is 0 Å². The summed E-state index contributed by atoms with van der Waals surface area (Å²) in [6.45, 7) is 3.80. The molecular formula is C24H22N2O3. The van der Waals surface area contributed by atoms with E-state index >= 15 is 0 Å². The van der Waals surface area contributed by atoms with Gasteiger partial charge in [0.05, 0.1) is 5.69 Å². The summed E-state index contributed by atoms with van der Waals surface area (Å²) in [7, 11) is 0. The average Bonchev–Trinajstić information content (AvgIpc) is 2.94. The summed E-state index contributed by atoms with van der Waals surface area (Å²) >= 11 is 0. The predicted molar refractivity (Wildman–Crippen MR) is 113 cm³/mol. The van der Waals surface area contributed by atoms with Crippen molar-refractivity contribution in [1.29, 1.82) is 0 Å². The lowest BCUT2D eigenvalue weighted by Gasteiger charge is -2.23. The van der Waals surface area contributed by atoms with Gasteiger partial charge in [-0.1, -0.05) is 54.6 Å². The predicted octanol–water partition coefficient (Wildman–Crippen LogP) is 3.52. The van der Waals surface area contributed by atoms with Gasteiger partial charge in [0.25, 0.3) is 5.91 Å². The van der Waals surface area contributed by atoms with Crippen LogP contribution in [-0.2, 0) is 15.2 Å². The highest BCUT2D eigenvalue weighted by molar-refractivity contribution is 6.12. The minimum absolute atomic E-state index is 0.183. The lowest BCUT2D eigenvalue weighted by atomic mass is 9.88. The summed E-state index contributed by atoms with van der Waals surface area (Å²) < 4.78 is 0. The van der Waals surface area contributed by atoms with Gasteiger partial charge in [0.15, 0.2) is 5.60 Å². The Morgan fingerprint density at radius 2 is 1.66 bits per heavy atom. The fourth-order valence-electron chi connectivity index (χ4n) is 3.71. The zero-order valence-electron chi connectivity index (χ0n) is 16.3. The molecule has 0 spiro atoms. The Hall–Kier alpha value is -3.44. The molecule has 0 saturated heterocycles. The summed E-state index contributed by atoms with van der Waals surface area (Å²) in [5.41, 5.74) is 2.59. The Bertz CT molecular complexity index is 1090. The lowest BCUT2D eigenvalue weighted by molar-refractivity contribution is -0.133. The number of nitrogens with zero attached hydrogens (tertiary/aromatic N) is 1. The maximum Gasteiger partial charge on any atom is 0.268 e. The van der Waals surface area contributed by atoms with Crippen molar-refractivity contribution >= 4 is 23.2 Å². The molecular weight excluding hydrogens is 364 g/mol. The molecule has 0 fully saturated rings. The smallest absolute Gasteiger partial charge is 0.268 e. The van der Waals surface area contributed by atoms with Crippen LogP contribution >= 0.6 is 0 Å². The number of nitrogens with one attached hydrogen (secondary N) is 1. The first-order chi connectivity index (χ1) is 13.9. The maximum atomic E-state index is 13.3. The number of para-hydroxylation sites is 1. The van der Waals surface area contributed by atoms with Crippen LogP contribution in [0.5, 0.6) is 0 Å². The van der Waals surface area contributed by atoms with Gasteiger partial charge in [-0.3, -0.25) is 14.5 Å². The molecule has 3 aromatic carbocycles. The third-order valence-electron chi connectivity index (χ3n) is 5.42. The van der Waals surface area contributed by atoms with E-state index in [-0.39, 0.29) is 12.5 Å². The van der Waals surface area contributed by atoms with Gasteiger partial charge in [0.2, 0.25) is 5.91 Å². The van der Waals surface area contributed by atoms with E-state index in [2.05, 4.69) is 5.32 Å². The van der Waals surface area contributed by atoms with Crippen LogP contribution < -0.4 is 10.2 Å². The minimum Gasteiger partial charge on any atom is -0.372 e. The first-order valence-corrected chi connectivity index (χ1v) is 9.47. The third kappa shape index (κ3) is 3.19. The lowest BCUT2D eigenvalue weighted by Crippen LogP contribution is -2.44. The standard InChI is InChI=1S/C24H22N2O3/c1-16-12-13-19(14-17(16)2)25-22(27)15-26-21-11-7-6-10-20(21)24(29,23(26)28)18-8-4-3-5-9-18/h3-14,29H,15H2,1-2H3,(H,25,27). The zero-order chi connectivity index (χ0) is 20.6. The zero-order valence-corrected chi connectivity index (χ0v) is 16.3. The summed E-state index contributed by atoms with van der Waals surface area (Å²) in [5.74, 6) is -0.853. The van der Waals surface area contributed by atoms with E-state index < -0.39 is 11.5 Å². The number of rotatable bonds is 4. The van der Waals surface area contributed by atoms with Gasteiger partial charge in [-0.05, 0) is 48.7 Å². The molecule has 0 radical (unpaired) electrons. The van der Waals surface area contributed by atoms with Crippen molar-refractivity contribution in [2.75, 3.05) is 16.8 Å². The van der Waals surface area contributed by atoms with Crippen LogP contribution in [0.25, 0.3) is 0 Å². The molecule has 1 aliphatic heterocycles. The number of anilines is 2. The van der Waals surface area contributed by atoms with Crippen LogP contribution in [0.2, 0.25) is 0 Å². The van der Waals surface area contributed by atoms with E-state index in [1.807, 2.05) is 38.1 Å². The molecule has 0 aliphatic carbocycles. The van der Waals surface area contributed by atoms with Crippen molar-refractivity contribution in [3.8, 4) is 0 Å². The number of benzene rings is 3. The monoisotopic (exact) mass is 386 g/mol. The van der Waals surface area contributed by atoms with Gasteiger partial charge in [-0.15, -0.1) is 0 Å². The van der Waals surface area contributed by atoms with Crippen molar-refractivity contribution in [2.45, 2.75) is 19.4 Å². The Kier molecular flexibility index (Phi) is 4.68. The Labute approximate surface area is 169 Å². The molecule has 0 aromatic heterocycles. The number of aliphatic hydroxyl groups is 1. The van der Waals surface area contributed by atoms with E-state index in [4.69, 9.17) is 0 Å². The van der Waals surface area contributed by atoms with Gasteiger partial charge in [-0.25, -0.2) is 0 Å². The van der Waals surface area contributed by atoms with Crippen molar-refractivity contribution in [3.63, 3.8) is 0 Å². The summed E-state index contributed by atoms with van der Waals surface area (Å²) in [5, 5.41) is 14.2. The normalized spacial score (nSPS) is 17.9. The van der Waals surface area contributed by atoms with Crippen molar-refractivity contribution in [3.05, 3.63) is 95.1 Å². The Morgan fingerprint density at radius 3 is 2.38 bits per heavy atom. The average molecular weight is 386 g/mol. The Morgan fingerprint density at radius 1 is 0.966 bits per heavy atom. The molecule has 5 nitrogen and oxygen atoms in total. The van der Waals surface area contributed by atoms with Crippen LogP contribution in [0.4, 0.5) is 11.4 Å². The third-order valence-corrected chi connectivity index (χ3v) is 5.42. The minimum atomic E-state index is -1.81. The number of aryl methyl sites for hydroxylation is 2. The number of amides is 2. The van der Waals surface area contributed by atoms with E-state index in [1.165, 1.54) is 4.90 Å². The first kappa shape index (κ1) is 18.9. The first-order valence-electron chi connectivity index (χ1n) is 9.47. The highest BCUT2D eigenvalue weighted by atomic mass is 16.3. The number of fused-ring (bicyclic) bond motifs is 1. The largest absolute Gasteiger partial charge is 0.372 e. The molecule has 0 bridgehead atoms. The number of hydrogen-bond donors (Lipinski definition) is 2. The fourth-order valence-corrected chi connectivity index (χ4v) is 3.71. The molecule has 2 N–H and O–H groups in total. The van der Waals surface area contributed by atoms with E-state index in [1.54, 1.807) is 48.5 Å². The molecule has 3 aromatic rings. The topological polar surface area (TPSA) is 69.6 Å². The van der Waals surface area contributed by atoms with Crippen LogP contribution in [0, 0.1) is 13.8 Å². The molecule has 2 amide bonds. The summed E-state index contributed by atoms with van der Waals surface area (Å²) in [6.07, 6.45) is 0. The quantitative estimate of drug-likeness (QED) is 0.721. The van der Waals surface area contributed by atoms with E-state index in [9.17, 15) is 14.7 Å². The fraction of sp³-hybridized carbons (Fsp3) is 0.167. The summed E-state index contributed by atoms with van der Waals surface area (Å²) in [6, 6.07) is 21.5. The summed E-state index contributed by atoms with van der Waals surface area (Å²) in [4.78, 5) is 27.3. The van der Waals surface area contributed by atoms with Crippen molar-refractivity contribution in [1.82, 2.24) is 0 Å². The van der Waals surface area contributed by atoms with Crippen molar-refractivity contribution in [2.24, 2.45) is 0 Å². The molecule has 1 heterocycles. The van der Waals surface area contributed by atoms with Crippen LogP contribution in [0.3, 0.4) is 0 Å². The Balaban J connectivity index is 1.63. The number of carbonyl (C=O) groups excluding carboxylic acids is 2. The maximum absolute atomic E-state index is 13.3. The molecule has 146 valence electrons. The van der Waals surface area contributed by atoms with Crippen LogP contribution in [-0.4, -0.2) is 23.5 Å². The molecule has 1 aliphatic rings. The molecule has 4 rings (SSSR count). The second-order valence-electron chi connectivity index (χ2n) is 7.33. The van der Waals surface area contributed by atoms with Gasteiger partial charge in [0, 0.05) is 11.3 Å². The van der Waals surface area contributed by atoms with Crippen LogP contribution in [0.15, 0.2) is 72.8 Å². The van der Waals surface area contributed by atoms with Gasteiger partial charge >= 0.3 is 0 Å². The second-order valence-corrected chi connectivity index (χ2v) is 7.33. The second kappa shape index (κ2) is 7.18. The highest BCUT2D eigenvalue weighted by Gasteiger charge is 2.51. The van der Waals surface area contributed by atoms with E-state index in [0.717, 1.165) is 11.1 Å². The van der Waals surface area contributed by atoms with E-state index in [0.29, 0.717) is 22.5 Å². The molecule has 0 saturated carbocycles. The van der Waals surface area contributed by atoms with Crippen LogP contribution in [0.1, 0.15) is 22.3 Å². The molecule has 5 heteroatoms. The van der Waals surface area contributed by atoms with Gasteiger partial charge in [0.1, 0.15) is 6.54 Å². The van der Waals surface area contributed by atoms with Crippen molar-refractivity contribution < 1.29 is 14.7 Å². The number of hydrogen-bond acceptors (Lipinski definition) is 3.